The van der Waals surface area contributed by atoms with Gasteiger partial charge >= 0.3 is 0 Å². The van der Waals surface area contributed by atoms with Gasteiger partial charge in [0.05, 0.1) is 18.3 Å². The van der Waals surface area contributed by atoms with Crippen LogP contribution >= 0.6 is 12.4 Å². The third kappa shape index (κ3) is 9.71. The molecule has 0 bridgehead atoms. The Morgan fingerprint density at radius 3 is 2.31 bits per heavy atom. The number of hydrogen-bond donors (Lipinski definition) is 4. The van der Waals surface area contributed by atoms with Gasteiger partial charge in [-0.15, -0.1) is 12.4 Å². The van der Waals surface area contributed by atoms with Crippen molar-refractivity contribution in [2.75, 3.05) is 18.8 Å². The van der Waals surface area contributed by atoms with Gasteiger partial charge in [-0.1, -0.05) is 44.2 Å². The molecule has 0 aliphatic carbocycles. The van der Waals surface area contributed by atoms with Crippen molar-refractivity contribution in [2.24, 2.45) is 11.7 Å². The molecule has 0 aliphatic rings. The Balaban J connectivity index is 0.00000625. The first-order valence-electron chi connectivity index (χ1n) is 8.02. The van der Waals surface area contributed by atoms with Crippen LogP contribution in [0.4, 0.5) is 0 Å². The molecule has 10 heteroatoms. The molecule has 1 aromatic carbocycles. The van der Waals surface area contributed by atoms with E-state index in [1.165, 1.54) is 0 Å². The van der Waals surface area contributed by atoms with E-state index in [2.05, 4.69) is 15.4 Å². The molecular weight excluding hydrogens is 380 g/mol. The highest BCUT2D eigenvalue weighted by Gasteiger charge is 2.17. The SMILES string of the molecule is CC(C)[C@H](N)C(=O)NCC(=O)NCCS(=O)(=O)NCc1ccccc1.Cl. The standard InChI is InChI=1S/C16H26N4O4S.ClH/c1-12(2)15(17)16(22)19-11-14(21)18-8-9-25(23,24)20-10-13-6-4-3-5-7-13;/h3-7,12,15,20H,8-11,17H2,1-2H3,(H,18,21)(H,19,22);1H/t15-;/m0./s1. The second-order valence-corrected chi connectivity index (χ2v) is 7.89. The van der Waals surface area contributed by atoms with Gasteiger partial charge in [0.25, 0.3) is 0 Å². The van der Waals surface area contributed by atoms with Crippen LogP contribution in [0.1, 0.15) is 19.4 Å². The van der Waals surface area contributed by atoms with Crippen LogP contribution in [-0.2, 0) is 26.2 Å². The Bertz CT molecular complexity index is 668. The molecule has 1 atom stereocenters. The summed E-state index contributed by atoms with van der Waals surface area (Å²) in [6, 6.07) is 8.44. The van der Waals surface area contributed by atoms with E-state index < -0.39 is 27.9 Å². The number of halogens is 1. The van der Waals surface area contributed by atoms with E-state index in [1.54, 1.807) is 13.8 Å². The molecule has 8 nitrogen and oxygen atoms in total. The lowest BCUT2D eigenvalue weighted by Gasteiger charge is -2.15. The normalized spacial score (nSPS) is 12.2. The lowest BCUT2D eigenvalue weighted by molar-refractivity contribution is -0.127. The van der Waals surface area contributed by atoms with Crippen LogP contribution in [0, 0.1) is 5.92 Å². The fourth-order valence-corrected chi connectivity index (χ4v) is 2.74. The van der Waals surface area contributed by atoms with Crippen LogP contribution in [-0.4, -0.2) is 45.1 Å². The molecule has 0 unspecified atom stereocenters. The minimum Gasteiger partial charge on any atom is -0.353 e. The molecule has 0 aromatic heterocycles. The number of hydrogen-bond acceptors (Lipinski definition) is 5. The molecule has 0 aliphatic heterocycles. The van der Waals surface area contributed by atoms with Gasteiger partial charge in [-0.2, -0.15) is 0 Å². The average molecular weight is 407 g/mol. The van der Waals surface area contributed by atoms with Gasteiger partial charge < -0.3 is 16.4 Å². The summed E-state index contributed by atoms with van der Waals surface area (Å²) in [7, 11) is -3.50. The topological polar surface area (TPSA) is 130 Å². The van der Waals surface area contributed by atoms with E-state index in [0.29, 0.717) is 0 Å². The lowest BCUT2D eigenvalue weighted by atomic mass is 10.1. The lowest BCUT2D eigenvalue weighted by Crippen LogP contribution is -2.47. The Labute approximate surface area is 160 Å². The maximum absolute atomic E-state index is 11.9. The molecule has 1 aromatic rings. The molecule has 2 amide bonds. The van der Waals surface area contributed by atoms with E-state index in [0.717, 1.165) is 5.56 Å². The number of nitrogens with one attached hydrogen (secondary N) is 3. The van der Waals surface area contributed by atoms with Crippen LogP contribution in [0.5, 0.6) is 0 Å². The maximum Gasteiger partial charge on any atom is 0.239 e. The maximum atomic E-state index is 11.9. The number of sulfonamides is 1. The molecule has 1 rings (SSSR count). The second-order valence-electron chi connectivity index (χ2n) is 5.96. The summed E-state index contributed by atoms with van der Waals surface area (Å²) in [5, 5.41) is 4.86. The Hall–Kier alpha value is -1.68. The van der Waals surface area contributed by atoms with Gasteiger partial charge in [0.1, 0.15) is 0 Å². The van der Waals surface area contributed by atoms with Crippen LogP contribution < -0.4 is 21.1 Å². The number of nitrogens with two attached hydrogens (primary N) is 1. The minimum atomic E-state index is -3.50. The van der Waals surface area contributed by atoms with Gasteiger partial charge in [-0.25, -0.2) is 13.1 Å². The third-order valence-corrected chi connectivity index (χ3v) is 4.80. The Morgan fingerprint density at radius 2 is 1.73 bits per heavy atom. The Morgan fingerprint density at radius 1 is 1.12 bits per heavy atom. The van der Waals surface area contributed by atoms with Crippen LogP contribution in [0.25, 0.3) is 0 Å². The van der Waals surface area contributed by atoms with Crippen molar-refractivity contribution in [1.29, 1.82) is 0 Å². The molecular formula is C16H27ClN4O4S. The molecule has 148 valence electrons. The number of carbonyl (C=O) groups is 2. The second kappa shape index (κ2) is 11.8. The van der Waals surface area contributed by atoms with Crippen LogP contribution in [0.2, 0.25) is 0 Å². The van der Waals surface area contributed by atoms with Crippen molar-refractivity contribution in [3.05, 3.63) is 35.9 Å². The minimum absolute atomic E-state index is 0. The number of benzene rings is 1. The fourth-order valence-electron chi connectivity index (χ4n) is 1.84. The van der Waals surface area contributed by atoms with Gasteiger partial charge in [0.15, 0.2) is 0 Å². The zero-order chi connectivity index (χ0) is 18.9. The van der Waals surface area contributed by atoms with E-state index in [9.17, 15) is 18.0 Å². The monoisotopic (exact) mass is 406 g/mol. The summed E-state index contributed by atoms with van der Waals surface area (Å²) < 4.78 is 26.2. The first kappa shape index (κ1) is 24.3. The molecule has 0 radical (unpaired) electrons. The number of amides is 2. The smallest absolute Gasteiger partial charge is 0.239 e. The molecule has 0 saturated heterocycles. The quantitative estimate of drug-likeness (QED) is 0.425. The van der Waals surface area contributed by atoms with E-state index >= 15 is 0 Å². The summed E-state index contributed by atoms with van der Waals surface area (Å²) in [6.07, 6.45) is 0. The molecule has 0 heterocycles. The van der Waals surface area contributed by atoms with Gasteiger partial charge in [0, 0.05) is 13.1 Å². The predicted octanol–water partition coefficient (Wildman–Crippen LogP) is -0.256. The highest BCUT2D eigenvalue weighted by molar-refractivity contribution is 7.89. The third-order valence-electron chi connectivity index (χ3n) is 3.48. The van der Waals surface area contributed by atoms with E-state index in [-0.39, 0.29) is 43.7 Å². The summed E-state index contributed by atoms with van der Waals surface area (Å²) in [6.45, 7) is 3.52. The molecule has 26 heavy (non-hydrogen) atoms. The zero-order valence-corrected chi connectivity index (χ0v) is 16.5. The van der Waals surface area contributed by atoms with Crippen molar-refractivity contribution in [3.63, 3.8) is 0 Å². The average Bonchev–Trinajstić information content (AvgIpc) is 2.58. The van der Waals surface area contributed by atoms with Crippen molar-refractivity contribution in [1.82, 2.24) is 15.4 Å². The molecule has 0 saturated carbocycles. The Kier molecular flexibility index (Phi) is 11.1. The van der Waals surface area contributed by atoms with Crippen molar-refractivity contribution in [2.45, 2.75) is 26.4 Å². The van der Waals surface area contributed by atoms with Gasteiger partial charge in [0.2, 0.25) is 21.8 Å². The summed E-state index contributed by atoms with van der Waals surface area (Å²) in [4.78, 5) is 23.2. The summed E-state index contributed by atoms with van der Waals surface area (Å²) in [5.41, 5.74) is 6.50. The first-order valence-corrected chi connectivity index (χ1v) is 9.68. The van der Waals surface area contributed by atoms with Crippen molar-refractivity contribution < 1.29 is 18.0 Å². The largest absolute Gasteiger partial charge is 0.353 e. The molecule has 5 N–H and O–H groups in total. The van der Waals surface area contributed by atoms with Crippen LogP contribution in [0.15, 0.2) is 30.3 Å². The van der Waals surface area contributed by atoms with Crippen molar-refractivity contribution in [3.8, 4) is 0 Å². The number of rotatable bonds is 10. The van der Waals surface area contributed by atoms with Gasteiger partial charge in [-0.3, -0.25) is 9.59 Å². The van der Waals surface area contributed by atoms with E-state index in [1.807, 2.05) is 30.3 Å². The number of carbonyl (C=O) groups excluding carboxylic acids is 2. The van der Waals surface area contributed by atoms with Crippen LogP contribution in [0.3, 0.4) is 0 Å². The molecule has 0 spiro atoms. The van der Waals surface area contributed by atoms with Crippen molar-refractivity contribution >= 4 is 34.2 Å². The predicted molar refractivity (Wildman–Crippen MR) is 103 cm³/mol. The fraction of sp³-hybridized carbons (Fsp3) is 0.500. The first-order chi connectivity index (χ1) is 11.7. The zero-order valence-electron chi connectivity index (χ0n) is 14.9. The molecule has 0 fully saturated rings. The van der Waals surface area contributed by atoms with E-state index in [4.69, 9.17) is 5.73 Å². The summed E-state index contributed by atoms with van der Waals surface area (Å²) in [5.74, 6) is -1.17. The highest BCUT2D eigenvalue weighted by Crippen LogP contribution is 1.99. The summed E-state index contributed by atoms with van der Waals surface area (Å²) >= 11 is 0. The highest BCUT2D eigenvalue weighted by atomic mass is 35.5. The van der Waals surface area contributed by atoms with Gasteiger partial charge in [-0.05, 0) is 11.5 Å².